The lowest BCUT2D eigenvalue weighted by molar-refractivity contribution is -0.118. The molecule has 0 saturated carbocycles. The van der Waals surface area contributed by atoms with Crippen molar-refractivity contribution in [2.75, 3.05) is 25.6 Å². The Bertz CT molecular complexity index is 878. The van der Waals surface area contributed by atoms with Crippen LogP contribution in [0.25, 0.3) is 0 Å². The van der Waals surface area contributed by atoms with Gasteiger partial charge in [-0.15, -0.1) is 0 Å². The molecule has 2 N–H and O–H groups in total. The molecular formula is C17H18N2O5S. The Morgan fingerprint density at radius 2 is 1.96 bits per heavy atom. The van der Waals surface area contributed by atoms with Gasteiger partial charge in [-0.25, -0.2) is 13.1 Å². The first-order chi connectivity index (χ1) is 12.0. The summed E-state index contributed by atoms with van der Waals surface area (Å²) in [6.07, 6.45) is 0.550. The lowest BCUT2D eigenvalue weighted by Gasteiger charge is -2.18. The Kier molecular flexibility index (Phi) is 4.91. The number of nitrogens with one attached hydrogen (secondary N) is 2. The maximum Gasteiger partial charge on any atom is 0.262 e. The van der Waals surface area contributed by atoms with Gasteiger partial charge in [0.15, 0.2) is 6.61 Å². The number of hydrogen-bond acceptors (Lipinski definition) is 5. The van der Waals surface area contributed by atoms with Gasteiger partial charge in [-0.05, 0) is 42.3 Å². The predicted molar refractivity (Wildman–Crippen MR) is 92.5 cm³/mol. The third-order valence-electron chi connectivity index (χ3n) is 3.76. The van der Waals surface area contributed by atoms with Crippen LogP contribution in [0, 0.1) is 0 Å². The van der Waals surface area contributed by atoms with Crippen LogP contribution in [0.2, 0.25) is 0 Å². The number of rotatable bonds is 6. The molecule has 25 heavy (non-hydrogen) atoms. The van der Waals surface area contributed by atoms with Gasteiger partial charge in [0.05, 0.1) is 17.7 Å². The van der Waals surface area contributed by atoms with Crippen LogP contribution in [0.4, 0.5) is 5.69 Å². The molecule has 2 aromatic carbocycles. The van der Waals surface area contributed by atoms with Crippen LogP contribution >= 0.6 is 0 Å². The van der Waals surface area contributed by atoms with Gasteiger partial charge in [0, 0.05) is 6.54 Å². The average Bonchev–Trinajstić information content (AvgIpc) is 2.61. The van der Waals surface area contributed by atoms with E-state index in [2.05, 4.69) is 10.0 Å². The fraction of sp³-hybridized carbons (Fsp3) is 0.235. The number of carbonyl (C=O) groups excluding carboxylic acids is 1. The van der Waals surface area contributed by atoms with Crippen LogP contribution in [-0.4, -0.2) is 34.6 Å². The van der Waals surface area contributed by atoms with E-state index in [0.29, 0.717) is 17.9 Å². The highest BCUT2D eigenvalue weighted by atomic mass is 32.2. The van der Waals surface area contributed by atoms with Crippen molar-refractivity contribution >= 4 is 21.6 Å². The van der Waals surface area contributed by atoms with Crippen molar-refractivity contribution in [2.45, 2.75) is 11.3 Å². The summed E-state index contributed by atoms with van der Waals surface area (Å²) in [7, 11) is -2.08. The summed E-state index contributed by atoms with van der Waals surface area (Å²) in [5, 5.41) is 2.60. The van der Waals surface area contributed by atoms with Crippen molar-refractivity contribution in [1.82, 2.24) is 4.72 Å². The molecule has 8 heteroatoms. The van der Waals surface area contributed by atoms with Crippen LogP contribution in [0.15, 0.2) is 47.4 Å². The highest BCUT2D eigenvalue weighted by molar-refractivity contribution is 7.89. The second-order valence-corrected chi connectivity index (χ2v) is 7.26. The summed E-state index contributed by atoms with van der Waals surface area (Å²) in [5.41, 5.74) is 1.35. The Balaban J connectivity index is 1.65. The van der Waals surface area contributed by atoms with Crippen molar-refractivity contribution in [2.24, 2.45) is 0 Å². The fourth-order valence-electron chi connectivity index (χ4n) is 2.43. The molecule has 0 aromatic heterocycles. The zero-order chi connectivity index (χ0) is 17.9. The number of sulfonamides is 1. The standard InChI is InChI=1S/C17H18N2O5S/c1-23-13-4-2-12(3-5-13)8-9-18-25(21,22)14-6-7-16-15(10-14)19-17(20)11-24-16/h2-7,10,18H,8-9,11H2,1H3,(H,19,20). The third kappa shape index (κ3) is 4.09. The predicted octanol–water partition coefficient (Wildman–Crippen LogP) is 1.55. The van der Waals surface area contributed by atoms with E-state index in [1.54, 1.807) is 7.11 Å². The lowest BCUT2D eigenvalue weighted by atomic mass is 10.1. The zero-order valence-corrected chi connectivity index (χ0v) is 14.4. The van der Waals surface area contributed by atoms with Crippen molar-refractivity contribution in [1.29, 1.82) is 0 Å². The number of carbonyl (C=O) groups is 1. The summed E-state index contributed by atoms with van der Waals surface area (Å²) in [6.45, 7) is 0.188. The Labute approximate surface area is 146 Å². The second-order valence-electron chi connectivity index (χ2n) is 5.49. The first-order valence-electron chi connectivity index (χ1n) is 7.67. The molecule has 1 amide bonds. The minimum atomic E-state index is -3.68. The van der Waals surface area contributed by atoms with E-state index < -0.39 is 10.0 Å². The number of fused-ring (bicyclic) bond motifs is 1. The number of ether oxygens (including phenoxy) is 2. The molecule has 0 aliphatic carbocycles. The van der Waals surface area contributed by atoms with E-state index >= 15 is 0 Å². The average molecular weight is 362 g/mol. The minimum absolute atomic E-state index is 0.0702. The maximum atomic E-state index is 12.4. The van der Waals surface area contributed by atoms with E-state index in [-0.39, 0.29) is 24.0 Å². The van der Waals surface area contributed by atoms with E-state index in [4.69, 9.17) is 9.47 Å². The molecule has 1 heterocycles. The Hall–Kier alpha value is -2.58. The smallest absolute Gasteiger partial charge is 0.262 e. The van der Waals surface area contributed by atoms with Gasteiger partial charge in [-0.1, -0.05) is 12.1 Å². The Morgan fingerprint density at radius 1 is 1.20 bits per heavy atom. The van der Waals surface area contributed by atoms with Gasteiger partial charge in [-0.2, -0.15) is 0 Å². The highest BCUT2D eigenvalue weighted by Gasteiger charge is 2.20. The topological polar surface area (TPSA) is 93.7 Å². The summed E-state index contributed by atoms with van der Waals surface area (Å²) in [6, 6.07) is 11.8. The fourth-order valence-corrected chi connectivity index (χ4v) is 3.49. The molecule has 0 atom stereocenters. The number of amides is 1. The first kappa shape index (κ1) is 17.2. The van der Waals surface area contributed by atoms with Crippen molar-refractivity contribution < 1.29 is 22.7 Å². The van der Waals surface area contributed by atoms with Gasteiger partial charge in [0.25, 0.3) is 5.91 Å². The van der Waals surface area contributed by atoms with E-state index in [1.807, 2.05) is 24.3 Å². The number of anilines is 1. The van der Waals surface area contributed by atoms with Crippen molar-refractivity contribution in [3.05, 3.63) is 48.0 Å². The number of hydrogen-bond donors (Lipinski definition) is 2. The van der Waals surface area contributed by atoms with Crippen molar-refractivity contribution in [3.8, 4) is 11.5 Å². The minimum Gasteiger partial charge on any atom is -0.497 e. The molecule has 132 valence electrons. The van der Waals surface area contributed by atoms with E-state index in [0.717, 1.165) is 11.3 Å². The molecule has 3 rings (SSSR count). The summed E-state index contributed by atoms with van der Waals surface area (Å²) >= 11 is 0. The third-order valence-corrected chi connectivity index (χ3v) is 5.22. The molecule has 0 fully saturated rings. The summed E-state index contributed by atoms with van der Waals surface area (Å²) in [4.78, 5) is 11.4. The molecule has 7 nitrogen and oxygen atoms in total. The SMILES string of the molecule is COc1ccc(CCNS(=O)(=O)c2ccc3c(c2)NC(=O)CO3)cc1. The number of methoxy groups -OCH3 is 1. The highest BCUT2D eigenvalue weighted by Crippen LogP contribution is 2.29. The van der Waals surface area contributed by atoms with Gasteiger partial charge in [0.1, 0.15) is 11.5 Å². The van der Waals surface area contributed by atoms with Crippen LogP contribution in [-0.2, 0) is 21.2 Å². The molecule has 0 bridgehead atoms. The van der Waals surface area contributed by atoms with Gasteiger partial charge < -0.3 is 14.8 Å². The normalized spacial score (nSPS) is 13.6. The van der Waals surface area contributed by atoms with Gasteiger partial charge in [-0.3, -0.25) is 4.79 Å². The molecule has 0 unspecified atom stereocenters. The Morgan fingerprint density at radius 3 is 2.68 bits per heavy atom. The first-order valence-corrected chi connectivity index (χ1v) is 9.15. The zero-order valence-electron chi connectivity index (χ0n) is 13.6. The molecule has 1 aliphatic rings. The summed E-state index contributed by atoms with van der Waals surface area (Å²) < 4.78 is 37.7. The molecule has 0 spiro atoms. The van der Waals surface area contributed by atoms with Crippen molar-refractivity contribution in [3.63, 3.8) is 0 Å². The molecular weight excluding hydrogens is 344 g/mol. The monoisotopic (exact) mass is 362 g/mol. The second kappa shape index (κ2) is 7.12. The van der Waals surface area contributed by atoms with Crippen LogP contribution in [0.5, 0.6) is 11.5 Å². The largest absolute Gasteiger partial charge is 0.497 e. The molecule has 2 aromatic rings. The quantitative estimate of drug-likeness (QED) is 0.813. The van der Waals surface area contributed by atoms with Crippen LogP contribution in [0.1, 0.15) is 5.56 Å². The van der Waals surface area contributed by atoms with E-state index in [1.165, 1.54) is 18.2 Å². The van der Waals surface area contributed by atoms with Gasteiger partial charge in [0.2, 0.25) is 10.0 Å². The molecule has 1 aliphatic heterocycles. The molecule has 0 radical (unpaired) electrons. The van der Waals surface area contributed by atoms with E-state index in [9.17, 15) is 13.2 Å². The van der Waals surface area contributed by atoms with Gasteiger partial charge >= 0.3 is 0 Å². The van der Waals surface area contributed by atoms with Crippen LogP contribution < -0.4 is 19.5 Å². The lowest BCUT2D eigenvalue weighted by Crippen LogP contribution is -2.28. The maximum absolute atomic E-state index is 12.4. The molecule has 0 saturated heterocycles. The number of benzene rings is 2. The van der Waals surface area contributed by atoms with Crippen LogP contribution in [0.3, 0.4) is 0 Å². The summed E-state index contributed by atoms with van der Waals surface area (Å²) in [5.74, 6) is 0.897.